The van der Waals surface area contributed by atoms with Crippen molar-refractivity contribution in [2.45, 2.75) is 33.7 Å². The maximum absolute atomic E-state index is 4.71. The lowest BCUT2D eigenvalue weighted by atomic mass is 10.2. The normalized spacial score (nSPS) is 10.9. The molecule has 3 aromatic heterocycles. The molecule has 5 heteroatoms. The summed E-state index contributed by atoms with van der Waals surface area (Å²) < 4.78 is 2.36. The van der Waals surface area contributed by atoms with Gasteiger partial charge in [0, 0.05) is 35.1 Å². The molecule has 0 aliphatic rings. The standard InChI is InChI=1S/C17H20N4S/c1-4-9-21-12(2)10-14(13(21)3)15-11-22-17(19-15)20-16-7-5-6-8-18-16/h5-8,10-11H,4,9H2,1-3H3,(H,18,19,20). The van der Waals surface area contributed by atoms with Crippen LogP contribution in [-0.4, -0.2) is 14.5 Å². The summed E-state index contributed by atoms with van der Waals surface area (Å²) in [6.07, 6.45) is 2.91. The molecule has 0 fully saturated rings. The SMILES string of the molecule is CCCn1c(C)cc(-c2csc(Nc3ccccn3)n2)c1C. The van der Waals surface area contributed by atoms with E-state index in [0.717, 1.165) is 29.6 Å². The molecule has 0 aromatic carbocycles. The van der Waals surface area contributed by atoms with Gasteiger partial charge in [0.25, 0.3) is 0 Å². The number of rotatable bonds is 5. The molecule has 0 spiro atoms. The van der Waals surface area contributed by atoms with Crippen molar-refractivity contribution in [2.75, 3.05) is 5.32 Å². The number of nitrogens with zero attached hydrogens (tertiary/aromatic N) is 3. The molecule has 0 amide bonds. The minimum atomic E-state index is 0.819. The van der Waals surface area contributed by atoms with Crippen molar-refractivity contribution in [3.63, 3.8) is 0 Å². The van der Waals surface area contributed by atoms with Crippen molar-refractivity contribution in [3.8, 4) is 11.3 Å². The number of hydrogen-bond donors (Lipinski definition) is 1. The first-order valence-corrected chi connectivity index (χ1v) is 8.37. The molecule has 0 unspecified atom stereocenters. The van der Waals surface area contributed by atoms with Gasteiger partial charge >= 0.3 is 0 Å². The van der Waals surface area contributed by atoms with E-state index in [1.165, 1.54) is 17.0 Å². The molecule has 3 rings (SSSR count). The zero-order valence-electron chi connectivity index (χ0n) is 13.1. The van der Waals surface area contributed by atoms with Crippen LogP contribution in [0.3, 0.4) is 0 Å². The average molecular weight is 312 g/mol. The second-order valence-corrected chi connectivity index (χ2v) is 6.17. The highest BCUT2D eigenvalue weighted by molar-refractivity contribution is 7.14. The zero-order valence-corrected chi connectivity index (χ0v) is 13.9. The molecule has 4 nitrogen and oxygen atoms in total. The third-order valence-corrected chi connectivity index (χ3v) is 4.46. The zero-order chi connectivity index (χ0) is 15.5. The molecule has 0 atom stereocenters. The van der Waals surface area contributed by atoms with E-state index in [9.17, 15) is 0 Å². The lowest BCUT2D eigenvalue weighted by molar-refractivity contribution is 0.649. The van der Waals surface area contributed by atoms with E-state index < -0.39 is 0 Å². The molecule has 0 aliphatic heterocycles. The Bertz CT molecular complexity index is 758. The van der Waals surface area contributed by atoms with E-state index in [-0.39, 0.29) is 0 Å². The molecule has 0 bridgehead atoms. The van der Waals surface area contributed by atoms with E-state index in [0.29, 0.717) is 0 Å². The fourth-order valence-corrected chi connectivity index (χ4v) is 3.35. The van der Waals surface area contributed by atoms with Gasteiger partial charge in [-0.15, -0.1) is 11.3 Å². The molecule has 3 heterocycles. The summed E-state index contributed by atoms with van der Waals surface area (Å²) in [5.41, 5.74) is 4.82. The Morgan fingerprint density at radius 3 is 2.86 bits per heavy atom. The van der Waals surface area contributed by atoms with Crippen molar-refractivity contribution in [1.82, 2.24) is 14.5 Å². The van der Waals surface area contributed by atoms with Crippen LogP contribution in [0.4, 0.5) is 10.9 Å². The van der Waals surface area contributed by atoms with Gasteiger partial charge in [-0.05, 0) is 38.5 Å². The summed E-state index contributed by atoms with van der Waals surface area (Å²) in [5, 5.41) is 6.22. The molecule has 0 aliphatic carbocycles. The Morgan fingerprint density at radius 2 is 2.14 bits per heavy atom. The Morgan fingerprint density at radius 1 is 1.27 bits per heavy atom. The van der Waals surface area contributed by atoms with E-state index in [1.54, 1.807) is 17.5 Å². The molecule has 3 aromatic rings. The van der Waals surface area contributed by atoms with Crippen LogP contribution < -0.4 is 5.32 Å². The van der Waals surface area contributed by atoms with Gasteiger partial charge in [-0.25, -0.2) is 9.97 Å². The Labute approximate surface area is 134 Å². The highest BCUT2D eigenvalue weighted by Crippen LogP contribution is 2.30. The van der Waals surface area contributed by atoms with Gasteiger partial charge in [0.1, 0.15) is 5.82 Å². The predicted octanol–water partition coefficient (Wildman–Crippen LogP) is 4.78. The third-order valence-electron chi connectivity index (χ3n) is 3.70. The van der Waals surface area contributed by atoms with E-state index in [2.05, 4.69) is 47.1 Å². The molecule has 22 heavy (non-hydrogen) atoms. The predicted molar refractivity (Wildman–Crippen MR) is 92.8 cm³/mol. The molecule has 1 N–H and O–H groups in total. The summed E-state index contributed by atoms with van der Waals surface area (Å²) in [6.45, 7) is 7.59. The van der Waals surface area contributed by atoms with Gasteiger partial charge in [-0.2, -0.15) is 0 Å². The molecule has 0 radical (unpaired) electrons. The number of aryl methyl sites for hydroxylation is 1. The second-order valence-electron chi connectivity index (χ2n) is 5.31. The lowest BCUT2D eigenvalue weighted by Gasteiger charge is -2.07. The van der Waals surface area contributed by atoms with Gasteiger partial charge in [-0.3, -0.25) is 0 Å². The highest BCUT2D eigenvalue weighted by Gasteiger charge is 2.13. The number of anilines is 2. The Balaban J connectivity index is 1.86. The second kappa shape index (κ2) is 6.32. The topological polar surface area (TPSA) is 42.7 Å². The molecule has 0 saturated heterocycles. The first-order valence-electron chi connectivity index (χ1n) is 7.49. The van der Waals surface area contributed by atoms with Crippen LogP contribution in [0.1, 0.15) is 24.7 Å². The highest BCUT2D eigenvalue weighted by atomic mass is 32.1. The van der Waals surface area contributed by atoms with Crippen molar-refractivity contribution in [2.24, 2.45) is 0 Å². The van der Waals surface area contributed by atoms with Crippen molar-refractivity contribution < 1.29 is 0 Å². The van der Waals surface area contributed by atoms with Crippen LogP contribution in [0.15, 0.2) is 35.8 Å². The van der Waals surface area contributed by atoms with Crippen LogP contribution in [0, 0.1) is 13.8 Å². The van der Waals surface area contributed by atoms with Crippen LogP contribution in [-0.2, 0) is 6.54 Å². The minimum Gasteiger partial charge on any atom is -0.348 e. The number of pyridine rings is 1. The first-order chi connectivity index (χ1) is 10.7. The molecule has 0 saturated carbocycles. The van der Waals surface area contributed by atoms with Gasteiger partial charge in [0.2, 0.25) is 0 Å². The number of aromatic nitrogens is 3. The van der Waals surface area contributed by atoms with Gasteiger partial charge in [0.15, 0.2) is 5.13 Å². The van der Waals surface area contributed by atoms with Gasteiger partial charge in [-0.1, -0.05) is 13.0 Å². The quantitative estimate of drug-likeness (QED) is 0.737. The largest absolute Gasteiger partial charge is 0.348 e. The van der Waals surface area contributed by atoms with E-state index in [4.69, 9.17) is 4.98 Å². The molecule has 114 valence electrons. The number of nitrogens with one attached hydrogen (secondary N) is 1. The average Bonchev–Trinajstić information content (AvgIpc) is 3.08. The number of hydrogen-bond acceptors (Lipinski definition) is 4. The fourth-order valence-electron chi connectivity index (χ4n) is 2.63. The van der Waals surface area contributed by atoms with Crippen molar-refractivity contribution in [1.29, 1.82) is 0 Å². The van der Waals surface area contributed by atoms with Crippen molar-refractivity contribution >= 4 is 22.3 Å². The summed E-state index contributed by atoms with van der Waals surface area (Å²) in [6, 6.07) is 8.03. The summed E-state index contributed by atoms with van der Waals surface area (Å²) >= 11 is 1.60. The van der Waals surface area contributed by atoms with Gasteiger partial charge in [0.05, 0.1) is 5.69 Å². The fraction of sp³-hybridized carbons (Fsp3) is 0.294. The van der Waals surface area contributed by atoms with Crippen LogP contribution >= 0.6 is 11.3 Å². The van der Waals surface area contributed by atoms with Crippen LogP contribution in [0.2, 0.25) is 0 Å². The Kier molecular flexibility index (Phi) is 4.24. The van der Waals surface area contributed by atoms with E-state index >= 15 is 0 Å². The summed E-state index contributed by atoms with van der Waals surface area (Å²) in [7, 11) is 0. The molecular weight excluding hydrogens is 292 g/mol. The van der Waals surface area contributed by atoms with Crippen LogP contribution in [0.25, 0.3) is 11.3 Å². The van der Waals surface area contributed by atoms with Gasteiger partial charge < -0.3 is 9.88 Å². The number of thiazole rings is 1. The van der Waals surface area contributed by atoms with E-state index in [1.807, 2.05) is 18.2 Å². The minimum absolute atomic E-state index is 0.819. The Hall–Kier alpha value is -2.14. The lowest BCUT2D eigenvalue weighted by Crippen LogP contribution is -2.01. The summed E-state index contributed by atoms with van der Waals surface area (Å²) in [4.78, 5) is 8.97. The smallest absolute Gasteiger partial charge is 0.188 e. The maximum Gasteiger partial charge on any atom is 0.188 e. The monoisotopic (exact) mass is 312 g/mol. The van der Waals surface area contributed by atoms with Crippen LogP contribution in [0.5, 0.6) is 0 Å². The summed E-state index contributed by atoms with van der Waals surface area (Å²) in [5.74, 6) is 0.819. The first kappa shape index (κ1) is 14.8. The molecular formula is C17H20N4S. The third kappa shape index (κ3) is 2.90. The maximum atomic E-state index is 4.71. The van der Waals surface area contributed by atoms with Crippen molar-refractivity contribution in [3.05, 3.63) is 47.2 Å².